The maximum atomic E-state index is 13.1. The molecule has 0 radical (unpaired) electrons. The summed E-state index contributed by atoms with van der Waals surface area (Å²) < 4.78 is 51.6. The minimum atomic E-state index is -1.36. The quantitative estimate of drug-likeness (QED) is 0.111. The summed E-state index contributed by atoms with van der Waals surface area (Å²) in [6, 6.07) is 57.7. The maximum absolute atomic E-state index is 13.1. The van der Waals surface area contributed by atoms with E-state index in [1.54, 1.807) is 11.8 Å². The Morgan fingerprint density at radius 2 is 1.05 bits per heavy atom. The first kappa shape index (κ1) is 58.3. The number of benzene rings is 8. The Balaban J connectivity index is 0.000000233. The average Bonchev–Trinajstić information content (AvgIpc) is 3.14. The number of carbonyl (C=O) groups excluding carboxylic acids is 1. The van der Waals surface area contributed by atoms with Gasteiger partial charge in [0.2, 0.25) is 0 Å². The van der Waals surface area contributed by atoms with E-state index in [-0.39, 0.29) is 59.1 Å². The van der Waals surface area contributed by atoms with Crippen molar-refractivity contribution in [2.75, 3.05) is 32.8 Å². The summed E-state index contributed by atoms with van der Waals surface area (Å²) in [6.07, 6.45) is 2.61. The Morgan fingerprint density at radius 3 is 1.56 bits per heavy atom. The fourth-order valence-corrected chi connectivity index (χ4v) is 9.59. The van der Waals surface area contributed by atoms with Crippen molar-refractivity contribution < 1.29 is 50.9 Å². The van der Waals surface area contributed by atoms with Crippen LogP contribution in [0.5, 0.6) is 17.2 Å². The number of ketones is 1. The molecule has 79 heavy (non-hydrogen) atoms. The summed E-state index contributed by atoms with van der Waals surface area (Å²) in [7, 11) is 1.66. The summed E-state index contributed by atoms with van der Waals surface area (Å²) in [6.45, 7) is 10.9. The first-order valence-electron chi connectivity index (χ1n) is 25.7. The van der Waals surface area contributed by atoms with Gasteiger partial charge in [0.15, 0.2) is 5.78 Å². The van der Waals surface area contributed by atoms with Crippen molar-refractivity contribution in [1.29, 1.82) is 2.25 Å². The zero-order chi connectivity index (χ0) is 56.4. The summed E-state index contributed by atoms with van der Waals surface area (Å²) >= 11 is -2.72. The van der Waals surface area contributed by atoms with Crippen LogP contribution in [0.25, 0.3) is 33.4 Å². The Bertz CT molecular complexity index is 3770. The van der Waals surface area contributed by atoms with Crippen LogP contribution < -0.4 is 31.2 Å². The molecule has 5 atom stereocenters. The zero-order valence-electron chi connectivity index (χ0n) is 48.3. The number of nitrogens with zero attached hydrogens (tertiary/aromatic N) is 6. The van der Waals surface area contributed by atoms with Gasteiger partial charge in [-0.05, 0) is 112 Å². The third-order valence-corrected chi connectivity index (χ3v) is 13.6. The summed E-state index contributed by atoms with van der Waals surface area (Å²) in [5, 5.41) is 29.8. The molecule has 0 amide bonds. The number of hydrogen-bond acceptors (Lipinski definition) is 11. The van der Waals surface area contributed by atoms with Gasteiger partial charge in [0.1, 0.15) is 42.7 Å². The number of ether oxygens (including phenoxy) is 3. The second kappa shape index (κ2) is 28.3. The predicted molar refractivity (Wildman–Crippen MR) is 315 cm³/mol. The molecule has 4 heterocycles. The Kier molecular flexibility index (Phi) is 20.9. The van der Waals surface area contributed by atoms with Crippen LogP contribution in [0, 0.1) is 34.6 Å². The van der Waals surface area contributed by atoms with E-state index in [1.165, 1.54) is 23.6 Å². The van der Waals surface area contributed by atoms with E-state index in [2.05, 4.69) is 70.9 Å². The molecule has 8 aromatic carbocycles. The van der Waals surface area contributed by atoms with Crippen LogP contribution in [0.4, 0.5) is 0 Å². The van der Waals surface area contributed by atoms with Crippen LogP contribution in [0.2, 0.25) is 0 Å². The fraction of sp³-hybridized carbons (Fsp3) is 0.210. The molecule has 13 nitrogen and oxygen atoms in total. The third-order valence-electron chi connectivity index (χ3n) is 13.6. The van der Waals surface area contributed by atoms with Gasteiger partial charge in [0.25, 0.3) is 0 Å². The summed E-state index contributed by atoms with van der Waals surface area (Å²) in [4.78, 5) is 13.1. The number of fused-ring (bicyclic) bond motifs is 4. The first-order chi connectivity index (χ1) is 38.0. The van der Waals surface area contributed by atoms with Gasteiger partial charge in [0.05, 0.1) is 53.5 Å². The topological polar surface area (TPSA) is 161 Å². The molecule has 0 aliphatic carbocycles. The second-order valence-electron chi connectivity index (χ2n) is 18.5. The van der Waals surface area contributed by atoms with Gasteiger partial charge in [-0.15, -0.1) is 10.2 Å². The van der Waals surface area contributed by atoms with Crippen molar-refractivity contribution in [3.63, 3.8) is 0 Å². The molecule has 0 spiro atoms. The van der Waals surface area contributed by atoms with Crippen LogP contribution >= 0.6 is 0 Å². The molecule has 0 saturated carbocycles. The van der Waals surface area contributed by atoms with Crippen molar-refractivity contribution >= 4 is 74.0 Å². The largest absolute Gasteiger partial charge is 2.00 e. The number of Topliss-reactive ketones (excluding diaryl/α,β-unsaturated/α-hetero) is 1. The number of aryl methyl sites for hydroxylation is 3. The monoisotopic (exact) mass is 1170 g/mol. The van der Waals surface area contributed by atoms with Gasteiger partial charge in [-0.3, -0.25) is 13.2 Å². The molecule has 2 aliphatic rings. The van der Waals surface area contributed by atoms with Crippen LogP contribution in [0.15, 0.2) is 176 Å². The minimum absolute atomic E-state index is 0. The number of methoxy groups -OCH3 is 1. The van der Waals surface area contributed by atoms with E-state index < -0.39 is 28.7 Å². The molecule has 2 aromatic heterocycles. The van der Waals surface area contributed by atoms with Gasteiger partial charge in [0, 0.05) is 52.3 Å². The van der Waals surface area contributed by atoms with E-state index in [9.17, 15) is 18.3 Å². The van der Waals surface area contributed by atoms with Crippen LogP contribution in [-0.4, -0.2) is 107 Å². The molecule has 10 aromatic rings. The number of rotatable bonds is 6. The first-order valence-corrected chi connectivity index (χ1v) is 27.2. The molecule has 1 N–H and O–H groups in total. The Morgan fingerprint density at radius 1 is 0.608 bits per heavy atom. The van der Waals surface area contributed by atoms with Gasteiger partial charge in [-0.2, -0.15) is 0 Å². The molecule has 404 valence electrons. The molecule has 17 heteroatoms. The number of hydrogen-bond donors (Lipinski definition) is 3. The van der Waals surface area contributed by atoms with E-state index in [1.807, 2.05) is 165 Å². The number of carbonyl (C=O) groups is 1. The van der Waals surface area contributed by atoms with E-state index in [0.717, 1.165) is 78.1 Å². The molecule has 5 unspecified atom stereocenters. The summed E-state index contributed by atoms with van der Waals surface area (Å²) in [5.74, 6) is 1.83. The SMILES string of the molecule is COc1ccccc1.Cc1ccc(C2COc3c(ccc(-n4nnc5ccccc54)c3C)C2(O)c2ccc(C)cc2)cc1.Cc1ccc(C2COc3c(ccc(-n4nnc5ccccc54)c3C)C2=O)cc1.[2H]S(C)=O.[2H]S(C)=O.[Br-].[H-].[Mg+2]. The number of aromatic nitrogens is 6. The van der Waals surface area contributed by atoms with Crippen LogP contribution in [-0.2, 0) is 28.7 Å². The van der Waals surface area contributed by atoms with E-state index >= 15 is 0 Å². The molecule has 2 aliphatic heterocycles. The summed E-state index contributed by atoms with van der Waals surface area (Å²) in [5.41, 5.74) is 13.6. The van der Waals surface area contributed by atoms with Crippen molar-refractivity contribution in [2.45, 2.75) is 52.1 Å². The number of aliphatic hydroxyl groups is 1. The van der Waals surface area contributed by atoms with Gasteiger partial charge in [-0.1, -0.05) is 142 Å². The molecule has 0 fully saturated rings. The zero-order valence-corrected chi connectivity index (χ0v) is 49.9. The van der Waals surface area contributed by atoms with Gasteiger partial charge >= 0.3 is 23.1 Å². The van der Waals surface area contributed by atoms with Crippen molar-refractivity contribution in [1.82, 2.24) is 30.0 Å². The molecule has 0 saturated heterocycles. The van der Waals surface area contributed by atoms with Crippen molar-refractivity contribution in [3.8, 4) is 28.6 Å². The third kappa shape index (κ3) is 13.4. The van der Waals surface area contributed by atoms with Crippen LogP contribution in [0.3, 0.4) is 0 Å². The van der Waals surface area contributed by atoms with Crippen LogP contribution in [0.1, 0.15) is 73.7 Å². The predicted octanol–water partition coefficient (Wildman–Crippen LogP) is 7.71. The second-order valence-corrected chi connectivity index (χ2v) is 19.2. The number of halogens is 1. The molecule has 12 rings (SSSR count). The Hall–Kier alpha value is -6.86. The number of thiol groups is 2. The van der Waals surface area contributed by atoms with Gasteiger partial charge < -0.3 is 37.7 Å². The van der Waals surface area contributed by atoms with E-state index in [0.29, 0.717) is 30.3 Å². The van der Waals surface area contributed by atoms with Crippen molar-refractivity contribution in [2.24, 2.45) is 0 Å². The minimum Gasteiger partial charge on any atom is -1.00 e. The molecular weight excluding hydrogens is 1110 g/mol. The molecule has 0 bridgehead atoms. The molecular formula is C62H63BrMgN6O7S2. The van der Waals surface area contributed by atoms with E-state index in [4.69, 9.17) is 16.5 Å². The number of para-hydroxylation sites is 3. The fourth-order valence-electron chi connectivity index (χ4n) is 9.59. The normalized spacial score (nSPS) is 16.7. The smallest absolute Gasteiger partial charge is 1.00 e. The average molecular weight is 1170 g/mol. The standard InChI is InChI=1S/C30H27N3O2.C23H19N3O2.C7H8O.2CH4OS.BrH.Mg.H/c1-19-8-12-22(13-9-19)25-18-35-29-21(3)27(33-28-7-5-4-6-26(28)31-32-33)17-16-24(29)30(25,34)23-14-10-20(2)11-15-23;1-14-7-9-16(10-8-14)18-13-28-23-15(2)20(12-11-17(23)22(18)27)26-21-6-4-3-5-19(21)24-25-26;1-8-7-5-3-2-4-6-7;2*1-3-2;;;/h4-17,25,34H,18H2,1-3H3;3-12,18H,13H2,1-2H3;2-6H,1H3;2*3H,1H3;1H;;/q;;;;;;+2;-1/p-1/i;;;2*3D;;;. The van der Waals surface area contributed by atoms with Crippen molar-refractivity contribution in [3.05, 3.63) is 232 Å². The maximum Gasteiger partial charge on any atom is 2.00 e. The Labute approximate surface area is 498 Å². The van der Waals surface area contributed by atoms with Gasteiger partial charge in [-0.25, -0.2) is 9.36 Å².